The van der Waals surface area contributed by atoms with Crippen molar-refractivity contribution in [3.8, 4) is 11.1 Å². The number of amides is 2. The highest BCUT2D eigenvalue weighted by Gasteiger charge is 2.42. The fraction of sp³-hybridized carbons (Fsp3) is 0.364. The highest BCUT2D eigenvalue weighted by Crippen LogP contribution is 2.42. The first kappa shape index (κ1) is 16.8. The molecule has 0 radical (unpaired) electrons. The topological polar surface area (TPSA) is 49.4 Å². The van der Waals surface area contributed by atoms with Crippen LogP contribution in [-0.4, -0.2) is 24.9 Å². The maximum atomic E-state index is 12.5. The van der Waals surface area contributed by atoms with E-state index in [0.29, 0.717) is 11.6 Å². The van der Waals surface area contributed by atoms with E-state index in [1.807, 2.05) is 52.1 Å². The second-order valence-electron chi connectivity index (χ2n) is 8.00. The summed E-state index contributed by atoms with van der Waals surface area (Å²) in [5.41, 5.74) is 5.35. The Bertz CT molecular complexity index is 926. The summed E-state index contributed by atoms with van der Waals surface area (Å²) < 4.78 is 0. The number of likely N-dealkylation sites (N-methyl/N-ethyl adjacent to an activating group) is 1. The van der Waals surface area contributed by atoms with Gasteiger partial charge in [-0.1, -0.05) is 18.2 Å². The monoisotopic (exact) mass is 348 g/mol. The molecule has 4 heteroatoms. The molecule has 0 saturated heterocycles. The number of nitrogens with zero attached hydrogens (tertiary/aromatic N) is 1. The minimum absolute atomic E-state index is 0.0108. The summed E-state index contributed by atoms with van der Waals surface area (Å²) in [6.45, 7) is 5.97. The number of aryl methyl sites for hydroxylation is 1. The summed E-state index contributed by atoms with van der Waals surface area (Å²) >= 11 is 0. The van der Waals surface area contributed by atoms with Gasteiger partial charge < -0.3 is 10.2 Å². The molecule has 4 nitrogen and oxygen atoms in total. The van der Waals surface area contributed by atoms with E-state index < -0.39 is 5.41 Å². The van der Waals surface area contributed by atoms with E-state index >= 15 is 0 Å². The summed E-state index contributed by atoms with van der Waals surface area (Å²) in [6.07, 6.45) is 2.15. The lowest BCUT2D eigenvalue weighted by Crippen LogP contribution is -2.33. The third-order valence-electron chi connectivity index (χ3n) is 5.60. The summed E-state index contributed by atoms with van der Waals surface area (Å²) in [4.78, 5) is 26.7. The van der Waals surface area contributed by atoms with Crippen molar-refractivity contribution in [2.24, 2.45) is 0 Å². The highest BCUT2D eigenvalue weighted by molar-refractivity contribution is 6.07. The van der Waals surface area contributed by atoms with Crippen LogP contribution in [0.5, 0.6) is 0 Å². The second kappa shape index (κ2) is 5.70. The molecule has 1 aliphatic heterocycles. The Kier molecular flexibility index (Phi) is 3.69. The maximum Gasteiger partial charge on any atom is 0.251 e. The van der Waals surface area contributed by atoms with E-state index in [-0.39, 0.29) is 11.8 Å². The Balaban J connectivity index is 1.74. The van der Waals surface area contributed by atoms with Gasteiger partial charge in [-0.2, -0.15) is 0 Å². The average Bonchev–Trinajstić information content (AvgIpc) is 3.41. The van der Waals surface area contributed by atoms with Crippen molar-refractivity contribution in [3.05, 3.63) is 53.1 Å². The van der Waals surface area contributed by atoms with E-state index in [2.05, 4.69) is 17.4 Å². The van der Waals surface area contributed by atoms with Crippen LogP contribution in [0.3, 0.4) is 0 Å². The first-order valence-corrected chi connectivity index (χ1v) is 9.13. The molecule has 2 aromatic carbocycles. The minimum atomic E-state index is -0.496. The first-order valence-electron chi connectivity index (χ1n) is 9.13. The molecule has 26 heavy (non-hydrogen) atoms. The standard InChI is InChI=1S/C22H24N2O2/c1-13-5-6-15(20(25)23-16-8-9-16)11-17(13)14-7-10-18-19(12-14)24(4)21(26)22(18,2)3/h5-7,10-12,16H,8-9H2,1-4H3,(H,23,25). The number of anilines is 1. The summed E-state index contributed by atoms with van der Waals surface area (Å²) in [5.74, 6) is 0.0993. The van der Waals surface area contributed by atoms with Crippen molar-refractivity contribution < 1.29 is 9.59 Å². The Labute approximate surface area is 154 Å². The number of hydrogen-bond donors (Lipinski definition) is 1. The molecule has 0 unspecified atom stereocenters. The molecule has 1 saturated carbocycles. The lowest BCUT2D eigenvalue weighted by molar-refractivity contribution is -0.121. The van der Waals surface area contributed by atoms with E-state index in [4.69, 9.17) is 0 Å². The Morgan fingerprint density at radius 1 is 1.15 bits per heavy atom. The number of hydrogen-bond acceptors (Lipinski definition) is 2. The van der Waals surface area contributed by atoms with Crippen molar-refractivity contribution in [2.75, 3.05) is 11.9 Å². The van der Waals surface area contributed by atoms with Gasteiger partial charge in [0.15, 0.2) is 0 Å². The lowest BCUT2D eigenvalue weighted by atomic mass is 9.85. The second-order valence-corrected chi connectivity index (χ2v) is 8.00. The van der Waals surface area contributed by atoms with Crippen LogP contribution in [0.2, 0.25) is 0 Å². The molecule has 2 aliphatic rings. The number of carbonyl (C=O) groups excluding carboxylic acids is 2. The quantitative estimate of drug-likeness (QED) is 0.917. The van der Waals surface area contributed by atoms with Gasteiger partial charge in [-0.25, -0.2) is 0 Å². The van der Waals surface area contributed by atoms with Crippen LogP contribution < -0.4 is 10.2 Å². The molecule has 4 rings (SSSR count). The van der Waals surface area contributed by atoms with Crippen molar-refractivity contribution in [3.63, 3.8) is 0 Å². The fourth-order valence-electron chi connectivity index (χ4n) is 3.72. The summed E-state index contributed by atoms with van der Waals surface area (Å²) in [7, 11) is 1.83. The average molecular weight is 348 g/mol. The Morgan fingerprint density at radius 2 is 1.88 bits per heavy atom. The smallest absolute Gasteiger partial charge is 0.251 e. The molecule has 2 amide bonds. The zero-order chi connectivity index (χ0) is 18.6. The number of nitrogens with one attached hydrogen (secondary N) is 1. The van der Waals surface area contributed by atoms with Crippen LogP contribution in [0.15, 0.2) is 36.4 Å². The zero-order valence-electron chi connectivity index (χ0n) is 15.7. The van der Waals surface area contributed by atoms with Gasteiger partial charge in [-0.05, 0) is 74.1 Å². The molecule has 0 atom stereocenters. The van der Waals surface area contributed by atoms with Crippen LogP contribution in [-0.2, 0) is 10.2 Å². The summed E-state index contributed by atoms with van der Waals surface area (Å²) in [6, 6.07) is 12.3. The van der Waals surface area contributed by atoms with E-state index in [1.165, 1.54) is 0 Å². The molecule has 0 aromatic heterocycles. The normalized spacial score (nSPS) is 18.0. The van der Waals surface area contributed by atoms with Crippen molar-refractivity contribution in [2.45, 2.75) is 45.1 Å². The predicted octanol–water partition coefficient (Wildman–Crippen LogP) is 3.81. The number of carbonyl (C=O) groups is 2. The maximum absolute atomic E-state index is 12.5. The van der Waals surface area contributed by atoms with Gasteiger partial charge in [0.25, 0.3) is 5.91 Å². The molecule has 1 heterocycles. The zero-order valence-corrected chi connectivity index (χ0v) is 15.7. The Hall–Kier alpha value is -2.62. The van der Waals surface area contributed by atoms with Gasteiger partial charge in [0.05, 0.1) is 5.41 Å². The first-order chi connectivity index (χ1) is 12.3. The predicted molar refractivity (Wildman–Crippen MR) is 104 cm³/mol. The van der Waals surface area contributed by atoms with Crippen LogP contribution in [0.4, 0.5) is 5.69 Å². The SMILES string of the molecule is Cc1ccc(C(=O)NC2CC2)cc1-c1ccc2c(c1)N(C)C(=O)C2(C)C. The fourth-order valence-corrected chi connectivity index (χ4v) is 3.72. The van der Waals surface area contributed by atoms with Gasteiger partial charge >= 0.3 is 0 Å². The molecule has 1 aliphatic carbocycles. The van der Waals surface area contributed by atoms with Crippen LogP contribution in [0.25, 0.3) is 11.1 Å². The third kappa shape index (κ3) is 2.61. The molecule has 0 bridgehead atoms. The summed E-state index contributed by atoms with van der Waals surface area (Å²) in [5, 5.41) is 3.04. The van der Waals surface area contributed by atoms with E-state index in [9.17, 15) is 9.59 Å². The lowest BCUT2D eigenvalue weighted by Gasteiger charge is -2.16. The Morgan fingerprint density at radius 3 is 2.58 bits per heavy atom. The number of fused-ring (bicyclic) bond motifs is 1. The number of rotatable bonds is 3. The minimum Gasteiger partial charge on any atom is -0.349 e. The van der Waals surface area contributed by atoms with Crippen LogP contribution in [0.1, 0.15) is 48.2 Å². The van der Waals surface area contributed by atoms with Gasteiger partial charge in [-0.3, -0.25) is 9.59 Å². The van der Waals surface area contributed by atoms with Gasteiger partial charge in [0.2, 0.25) is 5.91 Å². The highest BCUT2D eigenvalue weighted by atomic mass is 16.2. The molecule has 134 valence electrons. The van der Waals surface area contributed by atoms with Gasteiger partial charge in [-0.15, -0.1) is 0 Å². The van der Waals surface area contributed by atoms with Crippen LogP contribution >= 0.6 is 0 Å². The van der Waals surface area contributed by atoms with Gasteiger partial charge in [0.1, 0.15) is 0 Å². The largest absolute Gasteiger partial charge is 0.349 e. The van der Waals surface area contributed by atoms with Crippen molar-refractivity contribution >= 4 is 17.5 Å². The van der Waals surface area contributed by atoms with E-state index in [1.54, 1.807) is 4.90 Å². The number of benzene rings is 2. The van der Waals surface area contributed by atoms with E-state index in [0.717, 1.165) is 40.8 Å². The molecule has 1 N–H and O–H groups in total. The van der Waals surface area contributed by atoms with Crippen molar-refractivity contribution in [1.29, 1.82) is 0 Å². The van der Waals surface area contributed by atoms with Crippen LogP contribution in [0, 0.1) is 6.92 Å². The molecular weight excluding hydrogens is 324 g/mol. The third-order valence-corrected chi connectivity index (χ3v) is 5.60. The molecule has 2 aromatic rings. The molecule has 1 fully saturated rings. The van der Waals surface area contributed by atoms with Crippen molar-refractivity contribution in [1.82, 2.24) is 5.32 Å². The molecular formula is C22H24N2O2. The van der Waals surface area contributed by atoms with Gasteiger partial charge in [0, 0.05) is 24.3 Å². The molecule has 0 spiro atoms.